The van der Waals surface area contributed by atoms with Crippen LogP contribution in [0.2, 0.25) is 0 Å². The van der Waals surface area contributed by atoms with Crippen molar-refractivity contribution < 1.29 is 4.74 Å². The number of aromatic nitrogens is 3. The Kier molecular flexibility index (Phi) is 4.30. The molecule has 6 heteroatoms. The van der Waals surface area contributed by atoms with E-state index in [9.17, 15) is 0 Å². The highest BCUT2D eigenvalue weighted by atomic mass is 16.5. The van der Waals surface area contributed by atoms with E-state index in [4.69, 9.17) is 4.74 Å². The monoisotopic (exact) mass is 343 g/mol. The summed E-state index contributed by atoms with van der Waals surface area (Å²) >= 11 is 0. The average Bonchev–Trinajstić information content (AvgIpc) is 2.69. The zero-order chi connectivity index (χ0) is 17.8. The summed E-state index contributed by atoms with van der Waals surface area (Å²) in [7, 11) is 1.64. The van der Waals surface area contributed by atoms with Gasteiger partial charge in [-0.25, -0.2) is 9.97 Å². The maximum atomic E-state index is 5.24. The van der Waals surface area contributed by atoms with Gasteiger partial charge in [-0.05, 0) is 24.3 Å². The number of anilines is 4. The van der Waals surface area contributed by atoms with Gasteiger partial charge < -0.3 is 15.4 Å². The van der Waals surface area contributed by atoms with E-state index < -0.39 is 0 Å². The smallest absolute Gasteiger partial charge is 0.135 e. The molecule has 0 radical (unpaired) electrons. The summed E-state index contributed by atoms with van der Waals surface area (Å²) in [6, 6.07) is 19.5. The fourth-order valence-corrected chi connectivity index (χ4v) is 2.69. The van der Waals surface area contributed by atoms with Crippen LogP contribution in [0.4, 0.5) is 23.0 Å². The normalized spacial score (nSPS) is 10.5. The summed E-state index contributed by atoms with van der Waals surface area (Å²) in [6.07, 6.45) is 3.30. The topological polar surface area (TPSA) is 72.0 Å². The van der Waals surface area contributed by atoms with E-state index in [0.717, 1.165) is 28.0 Å². The van der Waals surface area contributed by atoms with Crippen molar-refractivity contribution in [3.05, 3.63) is 73.2 Å². The molecule has 0 aliphatic heterocycles. The van der Waals surface area contributed by atoms with Crippen molar-refractivity contribution >= 4 is 33.9 Å². The van der Waals surface area contributed by atoms with Gasteiger partial charge in [-0.1, -0.05) is 24.3 Å². The van der Waals surface area contributed by atoms with Crippen LogP contribution >= 0.6 is 0 Å². The molecule has 26 heavy (non-hydrogen) atoms. The number of rotatable bonds is 5. The van der Waals surface area contributed by atoms with E-state index in [2.05, 4.69) is 25.6 Å². The third-order valence-electron chi connectivity index (χ3n) is 3.90. The molecule has 4 rings (SSSR count). The summed E-state index contributed by atoms with van der Waals surface area (Å²) in [5.74, 6) is 2.15. The largest absolute Gasteiger partial charge is 0.497 e. The molecule has 0 saturated heterocycles. The number of ether oxygens (including phenoxy) is 1. The van der Waals surface area contributed by atoms with Gasteiger partial charge in [0.25, 0.3) is 0 Å². The van der Waals surface area contributed by atoms with Crippen LogP contribution in [0.1, 0.15) is 0 Å². The molecule has 2 aromatic carbocycles. The number of nitrogens with zero attached hydrogens (tertiary/aromatic N) is 3. The van der Waals surface area contributed by atoms with E-state index in [0.29, 0.717) is 11.6 Å². The minimum atomic E-state index is 0.684. The highest BCUT2D eigenvalue weighted by molar-refractivity contribution is 5.91. The molecule has 0 aliphatic carbocycles. The van der Waals surface area contributed by atoms with Crippen LogP contribution in [0, 0.1) is 0 Å². The minimum absolute atomic E-state index is 0.684. The van der Waals surface area contributed by atoms with Gasteiger partial charge in [-0.3, -0.25) is 4.98 Å². The van der Waals surface area contributed by atoms with Crippen LogP contribution in [0.3, 0.4) is 0 Å². The van der Waals surface area contributed by atoms with E-state index in [1.807, 2.05) is 60.7 Å². The Morgan fingerprint density at radius 3 is 2.50 bits per heavy atom. The summed E-state index contributed by atoms with van der Waals surface area (Å²) in [6.45, 7) is 0. The van der Waals surface area contributed by atoms with Crippen LogP contribution in [0.15, 0.2) is 73.2 Å². The van der Waals surface area contributed by atoms with Crippen molar-refractivity contribution in [1.29, 1.82) is 0 Å². The molecule has 128 valence electrons. The van der Waals surface area contributed by atoms with Gasteiger partial charge in [-0.2, -0.15) is 0 Å². The van der Waals surface area contributed by atoms with Crippen molar-refractivity contribution in [3.63, 3.8) is 0 Å². The third-order valence-corrected chi connectivity index (χ3v) is 3.90. The van der Waals surface area contributed by atoms with Crippen molar-refractivity contribution in [2.45, 2.75) is 0 Å². The molecular formula is C20H17N5O. The number of pyridine rings is 1. The first-order chi connectivity index (χ1) is 12.8. The lowest BCUT2D eigenvalue weighted by atomic mass is 10.2. The summed E-state index contributed by atoms with van der Waals surface area (Å²) in [4.78, 5) is 13.0. The molecule has 2 aromatic heterocycles. The first kappa shape index (κ1) is 15.8. The molecule has 2 N–H and O–H groups in total. The van der Waals surface area contributed by atoms with E-state index >= 15 is 0 Å². The van der Waals surface area contributed by atoms with E-state index in [-0.39, 0.29) is 0 Å². The van der Waals surface area contributed by atoms with Gasteiger partial charge in [0, 0.05) is 29.4 Å². The number of benzene rings is 2. The quantitative estimate of drug-likeness (QED) is 0.555. The molecule has 0 saturated carbocycles. The lowest BCUT2D eigenvalue weighted by Gasteiger charge is -2.10. The molecule has 0 atom stereocenters. The molecule has 0 amide bonds. The van der Waals surface area contributed by atoms with Crippen LogP contribution in [-0.4, -0.2) is 22.1 Å². The Morgan fingerprint density at radius 2 is 1.62 bits per heavy atom. The third kappa shape index (κ3) is 3.39. The highest BCUT2D eigenvalue weighted by Gasteiger charge is 2.05. The fraction of sp³-hybridized carbons (Fsp3) is 0.0500. The number of methoxy groups -OCH3 is 1. The molecule has 6 nitrogen and oxygen atoms in total. The van der Waals surface area contributed by atoms with Crippen molar-refractivity contribution in [2.24, 2.45) is 0 Å². The molecule has 0 bridgehead atoms. The Bertz CT molecular complexity index is 1050. The molecule has 0 spiro atoms. The van der Waals surface area contributed by atoms with Crippen LogP contribution < -0.4 is 15.4 Å². The second-order valence-corrected chi connectivity index (χ2v) is 5.65. The second kappa shape index (κ2) is 7.06. The van der Waals surface area contributed by atoms with Gasteiger partial charge in [-0.15, -0.1) is 0 Å². The Hall–Kier alpha value is -3.67. The van der Waals surface area contributed by atoms with Crippen molar-refractivity contribution in [3.8, 4) is 5.75 Å². The second-order valence-electron chi connectivity index (χ2n) is 5.65. The standard InChI is InChI=1S/C20H17N5O/c1-26-16-8-3-7-15(11-16)24-18-12-19(23-13-22-18)25-17-9-2-5-14-6-4-10-21-20(14)17/h2-13H,1H3,(H2,22,23,24,25). The van der Waals surface area contributed by atoms with Gasteiger partial charge in [0.05, 0.1) is 18.3 Å². The molecule has 0 unspecified atom stereocenters. The Morgan fingerprint density at radius 1 is 0.808 bits per heavy atom. The SMILES string of the molecule is COc1cccc(Nc2cc(Nc3cccc4cccnc34)ncn2)c1. The van der Waals surface area contributed by atoms with Crippen LogP contribution in [-0.2, 0) is 0 Å². The molecule has 4 aromatic rings. The average molecular weight is 343 g/mol. The Balaban J connectivity index is 1.59. The number of hydrogen-bond donors (Lipinski definition) is 2. The number of para-hydroxylation sites is 1. The van der Waals surface area contributed by atoms with Gasteiger partial charge >= 0.3 is 0 Å². The molecular weight excluding hydrogens is 326 g/mol. The predicted octanol–water partition coefficient (Wildman–Crippen LogP) is 4.52. The van der Waals surface area contributed by atoms with Gasteiger partial charge in [0.2, 0.25) is 0 Å². The zero-order valence-corrected chi connectivity index (χ0v) is 14.2. The van der Waals surface area contributed by atoms with Crippen LogP contribution in [0.25, 0.3) is 10.9 Å². The van der Waals surface area contributed by atoms with E-state index in [1.54, 1.807) is 13.3 Å². The lowest BCUT2D eigenvalue weighted by Crippen LogP contribution is -1.99. The minimum Gasteiger partial charge on any atom is -0.497 e. The zero-order valence-electron chi connectivity index (χ0n) is 14.2. The predicted molar refractivity (Wildman–Crippen MR) is 103 cm³/mol. The first-order valence-electron chi connectivity index (χ1n) is 8.16. The summed E-state index contributed by atoms with van der Waals surface area (Å²) in [5, 5.41) is 7.64. The Labute approximate surface area is 150 Å². The maximum absolute atomic E-state index is 5.24. The van der Waals surface area contributed by atoms with E-state index in [1.165, 1.54) is 6.33 Å². The maximum Gasteiger partial charge on any atom is 0.135 e. The fourth-order valence-electron chi connectivity index (χ4n) is 2.69. The van der Waals surface area contributed by atoms with Crippen molar-refractivity contribution in [1.82, 2.24) is 15.0 Å². The molecule has 2 heterocycles. The van der Waals surface area contributed by atoms with Gasteiger partial charge in [0.15, 0.2) is 0 Å². The van der Waals surface area contributed by atoms with Crippen LogP contribution in [0.5, 0.6) is 5.75 Å². The molecule has 0 aliphatic rings. The highest BCUT2D eigenvalue weighted by Crippen LogP contribution is 2.25. The number of fused-ring (bicyclic) bond motifs is 1. The summed E-state index contributed by atoms with van der Waals surface area (Å²) < 4.78 is 5.24. The van der Waals surface area contributed by atoms with Crippen molar-refractivity contribution in [2.75, 3.05) is 17.7 Å². The lowest BCUT2D eigenvalue weighted by molar-refractivity contribution is 0.415. The molecule has 0 fully saturated rings. The first-order valence-corrected chi connectivity index (χ1v) is 8.16. The number of hydrogen-bond acceptors (Lipinski definition) is 6. The summed E-state index contributed by atoms with van der Waals surface area (Å²) in [5.41, 5.74) is 2.69. The van der Waals surface area contributed by atoms with Gasteiger partial charge in [0.1, 0.15) is 23.7 Å². The number of nitrogens with one attached hydrogen (secondary N) is 2.